The molecule has 0 unspecified atom stereocenters. The first-order chi connectivity index (χ1) is 6.84. The summed E-state index contributed by atoms with van der Waals surface area (Å²) in [4.78, 5) is 8.64. The molecule has 1 heterocycles. The number of halogens is 1. The van der Waals surface area contributed by atoms with Crippen LogP contribution in [0.25, 0.3) is 10.9 Å². The molecule has 3 heteroatoms. The van der Waals surface area contributed by atoms with E-state index in [0.717, 1.165) is 9.99 Å². The van der Waals surface area contributed by atoms with Crippen LogP contribution >= 0.6 is 15.9 Å². The molecule has 0 amide bonds. The van der Waals surface area contributed by atoms with Crippen LogP contribution in [0.3, 0.4) is 0 Å². The standard InChI is InChI=1S/C11H9BrN2/c12-8-3-4-10-9(5-8)11(7-1-2-7)14-6-13-10/h3-7H,1-2H2. The second-order valence-electron chi connectivity index (χ2n) is 3.69. The van der Waals surface area contributed by atoms with Crippen molar-refractivity contribution in [3.8, 4) is 0 Å². The molecule has 2 aromatic rings. The first kappa shape index (κ1) is 8.36. The molecule has 2 nitrogen and oxygen atoms in total. The minimum absolute atomic E-state index is 0.676. The number of aromatic nitrogens is 2. The van der Waals surface area contributed by atoms with Gasteiger partial charge in [-0.2, -0.15) is 0 Å². The van der Waals surface area contributed by atoms with Crippen molar-refractivity contribution in [2.75, 3.05) is 0 Å². The van der Waals surface area contributed by atoms with Crippen LogP contribution in [0.15, 0.2) is 29.0 Å². The highest BCUT2D eigenvalue weighted by atomic mass is 79.9. The van der Waals surface area contributed by atoms with Crippen LogP contribution < -0.4 is 0 Å². The summed E-state index contributed by atoms with van der Waals surface area (Å²) < 4.78 is 1.10. The highest BCUT2D eigenvalue weighted by Crippen LogP contribution is 2.41. The Balaban J connectivity index is 2.32. The van der Waals surface area contributed by atoms with Gasteiger partial charge in [0.15, 0.2) is 0 Å². The predicted octanol–water partition coefficient (Wildman–Crippen LogP) is 3.27. The third kappa shape index (κ3) is 1.32. The maximum absolute atomic E-state index is 4.38. The second kappa shape index (κ2) is 3.02. The van der Waals surface area contributed by atoms with E-state index >= 15 is 0 Å². The summed E-state index contributed by atoms with van der Waals surface area (Å²) in [6, 6.07) is 6.17. The Kier molecular flexibility index (Phi) is 1.80. The molecule has 0 aliphatic heterocycles. The summed E-state index contributed by atoms with van der Waals surface area (Å²) in [5.41, 5.74) is 2.27. The summed E-state index contributed by atoms with van der Waals surface area (Å²) in [5, 5.41) is 1.20. The van der Waals surface area contributed by atoms with E-state index in [0.29, 0.717) is 5.92 Å². The molecule has 0 N–H and O–H groups in total. The van der Waals surface area contributed by atoms with Gasteiger partial charge in [-0.25, -0.2) is 9.97 Å². The largest absolute Gasteiger partial charge is 0.240 e. The maximum atomic E-state index is 4.38. The van der Waals surface area contributed by atoms with Gasteiger partial charge in [-0.15, -0.1) is 0 Å². The lowest BCUT2D eigenvalue weighted by atomic mass is 10.1. The van der Waals surface area contributed by atoms with Crippen molar-refractivity contribution in [3.05, 3.63) is 34.7 Å². The zero-order valence-electron chi connectivity index (χ0n) is 7.57. The lowest BCUT2D eigenvalue weighted by Crippen LogP contribution is -1.90. The summed E-state index contributed by atoms with van der Waals surface area (Å²) >= 11 is 3.48. The van der Waals surface area contributed by atoms with E-state index in [2.05, 4.69) is 32.0 Å². The topological polar surface area (TPSA) is 25.8 Å². The molecule has 1 fully saturated rings. The Morgan fingerprint density at radius 1 is 1.21 bits per heavy atom. The zero-order valence-corrected chi connectivity index (χ0v) is 9.16. The SMILES string of the molecule is Brc1ccc2ncnc(C3CC3)c2c1. The first-order valence-corrected chi connectivity index (χ1v) is 5.54. The molecule has 1 aromatic carbocycles. The van der Waals surface area contributed by atoms with E-state index in [9.17, 15) is 0 Å². The number of rotatable bonds is 1. The Labute approximate surface area is 90.5 Å². The predicted molar refractivity (Wildman–Crippen MR) is 59.2 cm³/mol. The van der Waals surface area contributed by atoms with Gasteiger partial charge in [-0.1, -0.05) is 15.9 Å². The molecule has 1 saturated carbocycles. The van der Waals surface area contributed by atoms with Crippen LogP contribution in [-0.2, 0) is 0 Å². The Hall–Kier alpha value is -0.960. The number of hydrogen-bond donors (Lipinski definition) is 0. The number of nitrogens with zero attached hydrogens (tertiary/aromatic N) is 2. The van der Waals surface area contributed by atoms with Crippen LogP contribution in [-0.4, -0.2) is 9.97 Å². The molecule has 0 atom stereocenters. The third-order valence-electron chi connectivity index (χ3n) is 2.59. The molecule has 0 bridgehead atoms. The van der Waals surface area contributed by atoms with Crippen molar-refractivity contribution in [2.45, 2.75) is 18.8 Å². The minimum atomic E-state index is 0.676. The highest BCUT2D eigenvalue weighted by molar-refractivity contribution is 9.10. The zero-order chi connectivity index (χ0) is 9.54. The van der Waals surface area contributed by atoms with Crippen LogP contribution in [0.4, 0.5) is 0 Å². The fourth-order valence-corrected chi connectivity index (χ4v) is 2.09. The number of benzene rings is 1. The van der Waals surface area contributed by atoms with Crippen LogP contribution in [0.1, 0.15) is 24.5 Å². The second-order valence-corrected chi connectivity index (χ2v) is 4.61. The molecule has 70 valence electrons. The molecular weight excluding hydrogens is 240 g/mol. The molecule has 1 aliphatic carbocycles. The maximum Gasteiger partial charge on any atom is 0.116 e. The fraction of sp³-hybridized carbons (Fsp3) is 0.273. The van der Waals surface area contributed by atoms with Crippen molar-refractivity contribution in [1.82, 2.24) is 9.97 Å². The quantitative estimate of drug-likeness (QED) is 0.775. The molecule has 0 spiro atoms. The van der Waals surface area contributed by atoms with Crippen LogP contribution in [0.2, 0.25) is 0 Å². The van der Waals surface area contributed by atoms with Gasteiger partial charge < -0.3 is 0 Å². The number of fused-ring (bicyclic) bond motifs is 1. The monoisotopic (exact) mass is 248 g/mol. The smallest absolute Gasteiger partial charge is 0.116 e. The number of hydrogen-bond acceptors (Lipinski definition) is 2. The lowest BCUT2D eigenvalue weighted by Gasteiger charge is -2.03. The highest BCUT2D eigenvalue weighted by Gasteiger charge is 2.26. The van der Waals surface area contributed by atoms with Crippen LogP contribution in [0, 0.1) is 0 Å². The first-order valence-electron chi connectivity index (χ1n) is 4.75. The van der Waals surface area contributed by atoms with Gasteiger partial charge in [0.05, 0.1) is 11.2 Å². The molecule has 1 aliphatic rings. The van der Waals surface area contributed by atoms with E-state index in [1.165, 1.54) is 23.9 Å². The summed E-state index contributed by atoms with van der Waals surface area (Å²) in [6.45, 7) is 0. The molecule has 1 aromatic heterocycles. The van der Waals surface area contributed by atoms with Gasteiger partial charge in [-0.05, 0) is 31.0 Å². The summed E-state index contributed by atoms with van der Waals surface area (Å²) in [7, 11) is 0. The van der Waals surface area contributed by atoms with Gasteiger partial charge in [0.25, 0.3) is 0 Å². The van der Waals surface area contributed by atoms with E-state index in [4.69, 9.17) is 0 Å². The van der Waals surface area contributed by atoms with Crippen molar-refractivity contribution >= 4 is 26.8 Å². The van der Waals surface area contributed by atoms with Crippen molar-refractivity contribution in [1.29, 1.82) is 0 Å². The van der Waals surface area contributed by atoms with Gasteiger partial charge in [-0.3, -0.25) is 0 Å². The minimum Gasteiger partial charge on any atom is -0.240 e. The fourth-order valence-electron chi connectivity index (χ4n) is 1.73. The molecular formula is C11H9BrN2. The van der Waals surface area contributed by atoms with Gasteiger partial charge in [0.2, 0.25) is 0 Å². The summed E-state index contributed by atoms with van der Waals surface area (Å²) in [5.74, 6) is 0.676. The Morgan fingerprint density at radius 2 is 2.07 bits per heavy atom. The van der Waals surface area contributed by atoms with Gasteiger partial charge in [0, 0.05) is 15.8 Å². The van der Waals surface area contributed by atoms with Crippen LogP contribution in [0.5, 0.6) is 0 Å². The molecule has 3 rings (SSSR count). The lowest BCUT2D eigenvalue weighted by molar-refractivity contribution is 1.02. The van der Waals surface area contributed by atoms with E-state index in [-0.39, 0.29) is 0 Å². The van der Waals surface area contributed by atoms with Gasteiger partial charge in [0.1, 0.15) is 6.33 Å². The normalized spacial score (nSPS) is 16.1. The van der Waals surface area contributed by atoms with Crippen molar-refractivity contribution in [3.63, 3.8) is 0 Å². The summed E-state index contributed by atoms with van der Waals surface area (Å²) in [6.07, 6.45) is 4.22. The van der Waals surface area contributed by atoms with E-state index < -0.39 is 0 Å². The Morgan fingerprint density at radius 3 is 2.86 bits per heavy atom. The van der Waals surface area contributed by atoms with Gasteiger partial charge >= 0.3 is 0 Å². The van der Waals surface area contributed by atoms with E-state index in [1.807, 2.05) is 12.1 Å². The molecule has 0 radical (unpaired) electrons. The molecule has 14 heavy (non-hydrogen) atoms. The third-order valence-corrected chi connectivity index (χ3v) is 3.09. The average molecular weight is 249 g/mol. The van der Waals surface area contributed by atoms with E-state index in [1.54, 1.807) is 6.33 Å². The Bertz CT molecular complexity index is 492. The van der Waals surface area contributed by atoms with Crippen molar-refractivity contribution < 1.29 is 0 Å². The van der Waals surface area contributed by atoms with Crippen molar-refractivity contribution in [2.24, 2.45) is 0 Å². The molecule has 0 saturated heterocycles. The average Bonchev–Trinajstić information content (AvgIpc) is 3.00.